The molecule has 106 valence electrons. The Balaban J connectivity index is 1.77. The molecule has 0 amide bonds. The fourth-order valence-corrected chi connectivity index (χ4v) is 4.12. The van der Waals surface area contributed by atoms with Crippen LogP contribution in [0.1, 0.15) is 29.8 Å². The summed E-state index contributed by atoms with van der Waals surface area (Å²) in [5, 5.41) is 2.21. The summed E-state index contributed by atoms with van der Waals surface area (Å²) in [6.45, 7) is 3.28. The molecule has 0 aliphatic carbocycles. The van der Waals surface area contributed by atoms with Gasteiger partial charge in [-0.3, -0.25) is 4.98 Å². The van der Waals surface area contributed by atoms with Crippen molar-refractivity contribution in [2.75, 3.05) is 11.4 Å². The zero-order valence-corrected chi connectivity index (χ0v) is 12.8. The van der Waals surface area contributed by atoms with Gasteiger partial charge in [0.2, 0.25) is 0 Å². The third-order valence-corrected chi connectivity index (χ3v) is 5.21. The van der Waals surface area contributed by atoms with Gasteiger partial charge in [0, 0.05) is 11.4 Å². The molecule has 1 aliphatic rings. The molecule has 21 heavy (non-hydrogen) atoms. The molecule has 1 atom stereocenters. The van der Waals surface area contributed by atoms with Gasteiger partial charge in [0.05, 0.1) is 23.3 Å². The second-order valence-corrected chi connectivity index (χ2v) is 6.38. The van der Waals surface area contributed by atoms with Crippen molar-refractivity contribution in [1.82, 2.24) is 9.97 Å². The van der Waals surface area contributed by atoms with Gasteiger partial charge in [-0.15, -0.1) is 11.3 Å². The van der Waals surface area contributed by atoms with Crippen molar-refractivity contribution in [3.05, 3.63) is 52.3 Å². The molecule has 4 heteroatoms. The van der Waals surface area contributed by atoms with Crippen LogP contribution in [0.4, 0.5) is 5.82 Å². The number of hydrogen-bond acceptors (Lipinski definition) is 4. The number of hydrogen-bond donors (Lipinski definition) is 0. The summed E-state index contributed by atoms with van der Waals surface area (Å²) in [5.74, 6) is 0.998. The molecule has 0 saturated carbocycles. The summed E-state index contributed by atoms with van der Waals surface area (Å²) in [5.41, 5.74) is 3.41. The molecule has 0 saturated heterocycles. The largest absolute Gasteiger partial charge is 0.348 e. The van der Waals surface area contributed by atoms with Gasteiger partial charge in [0.15, 0.2) is 0 Å². The first-order valence-corrected chi connectivity index (χ1v) is 8.29. The van der Waals surface area contributed by atoms with E-state index in [2.05, 4.69) is 28.3 Å². The standard InChI is InChI=1S/C17H17N3S/c1-2-15-12-8-10-21-16(12)7-9-20(15)17-11-18-13-5-3-4-6-14(13)19-17/h3-6,8,10-11,15H,2,7,9H2,1H3/t15-/m0/s1. The summed E-state index contributed by atoms with van der Waals surface area (Å²) in [7, 11) is 0. The van der Waals surface area contributed by atoms with E-state index in [1.165, 1.54) is 10.4 Å². The molecule has 1 aliphatic heterocycles. The van der Waals surface area contributed by atoms with E-state index in [4.69, 9.17) is 4.98 Å². The van der Waals surface area contributed by atoms with Crippen LogP contribution >= 0.6 is 11.3 Å². The highest BCUT2D eigenvalue weighted by Crippen LogP contribution is 2.37. The maximum absolute atomic E-state index is 4.82. The van der Waals surface area contributed by atoms with E-state index in [9.17, 15) is 0 Å². The van der Waals surface area contributed by atoms with Crippen molar-refractivity contribution in [3.63, 3.8) is 0 Å². The Morgan fingerprint density at radius 1 is 1.24 bits per heavy atom. The molecule has 4 rings (SSSR count). The summed E-state index contributed by atoms with van der Waals surface area (Å²) in [6, 6.07) is 10.8. The minimum absolute atomic E-state index is 0.426. The molecule has 3 aromatic rings. The summed E-state index contributed by atoms with van der Waals surface area (Å²) >= 11 is 1.88. The number of nitrogens with zero attached hydrogens (tertiary/aromatic N) is 3. The molecular formula is C17H17N3S. The van der Waals surface area contributed by atoms with Crippen LogP contribution in [0.15, 0.2) is 41.9 Å². The van der Waals surface area contributed by atoms with Crippen molar-refractivity contribution in [3.8, 4) is 0 Å². The maximum Gasteiger partial charge on any atom is 0.148 e. The van der Waals surface area contributed by atoms with Gasteiger partial charge in [-0.25, -0.2) is 4.98 Å². The average molecular weight is 295 g/mol. The first kappa shape index (κ1) is 12.8. The van der Waals surface area contributed by atoms with Crippen LogP contribution in [0, 0.1) is 0 Å². The Bertz CT molecular complexity index is 780. The van der Waals surface area contributed by atoms with Crippen molar-refractivity contribution in [1.29, 1.82) is 0 Å². The first-order chi connectivity index (χ1) is 10.4. The highest BCUT2D eigenvalue weighted by atomic mass is 32.1. The van der Waals surface area contributed by atoms with Crippen molar-refractivity contribution in [2.24, 2.45) is 0 Å². The quantitative estimate of drug-likeness (QED) is 0.709. The second kappa shape index (κ2) is 5.11. The Labute approximate surface area is 128 Å². The minimum atomic E-state index is 0.426. The van der Waals surface area contributed by atoms with Gasteiger partial charge in [-0.1, -0.05) is 19.1 Å². The fourth-order valence-electron chi connectivity index (χ4n) is 3.20. The zero-order chi connectivity index (χ0) is 14.2. The number of thiophene rings is 1. The topological polar surface area (TPSA) is 29.0 Å². The smallest absolute Gasteiger partial charge is 0.148 e. The predicted molar refractivity (Wildman–Crippen MR) is 87.9 cm³/mol. The van der Waals surface area contributed by atoms with Crippen LogP contribution in [-0.4, -0.2) is 16.5 Å². The Morgan fingerprint density at radius 3 is 2.95 bits per heavy atom. The van der Waals surface area contributed by atoms with Crippen molar-refractivity contribution >= 4 is 28.2 Å². The van der Waals surface area contributed by atoms with E-state index in [1.54, 1.807) is 0 Å². The van der Waals surface area contributed by atoms with E-state index in [0.29, 0.717) is 6.04 Å². The van der Waals surface area contributed by atoms with E-state index in [1.807, 2.05) is 41.8 Å². The molecule has 0 spiro atoms. The molecule has 2 aromatic heterocycles. The number of para-hydroxylation sites is 2. The van der Waals surface area contributed by atoms with E-state index in [-0.39, 0.29) is 0 Å². The molecule has 0 N–H and O–H groups in total. The molecule has 3 heterocycles. The summed E-state index contributed by atoms with van der Waals surface area (Å²) in [4.78, 5) is 13.3. The molecule has 0 unspecified atom stereocenters. The molecule has 0 radical (unpaired) electrons. The van der Waals surface area contributed by atoms with E-state index in [0.717, 1.165) is 36.2 Å². The highest BCUT2D eigenvalue weighted by molar-refractivity contribution is 7.10. The molecule has 1 aromatic carbocycles. The van der Waals surface area contributed by atoms with Crippen LogP contribution in [0.3, 0.4) is 0 Å². The fraction of sp³-hybridized carbons (Fsp3) is 0.294. The summed E-state index contributed by atoms with van der Waals surface area (Å²) in [6.07, 6.45) is 4.12. The predicted octanol–water partition coefficient (Wildman–Crippen LogP) is 4.21. The minimum Gasteiger partial charge on any atom is -0.348 e. The first-order valence-electron chi connectivity index (χ1n) is 7.41. The Morgan fingerprint density at radius 2 is 2.10 bits per heavy atom. The van der Waals surface area contributed by atoms with Gasteiger partial charge in [-0.05, 0) is 42.0 Å². The van der Waals surface area contributed by atoms with Crippen LogP contribution in [0.25, 0.3) is 11.0 Å². The van der Waals surface area contributed by atoms with E-state index < -0.39 is 0 Å². The van der Waals surface area contributed by atoms with Gasteiger partial charge in [-0.2, -0.15) is 0 Å². The van der Waals surface area contributed by atoms with Crippen LogP contribution in [-0.2, 0) is 6.42 Å². The lowest BCUT2D eigenvalue weighted by atomic mass is 9.98. The molecule has 0 fully saturated rings. The third kappa shape index (κ3) is 2.10. The monoisotopic (exact) mass is 295 g/mol. The molecule has 3 nitrogen and oxygen atoms in total. The number of rotatable bonds is 2. The highest BCUT2D eigenvalue weighted by Gasteiger charge is 2.28. The van der Waals surface area contributed by atoms with Gasteiger partial charge in [0.25, 0.3) is 0 Å². The van der Waals surface area contributed by atoms with Gasteiger partial charge < -0.3 is 4.90 Å². The van der Waals surface area contributed by atoms with Gasteiger partial charge in [0.1, 0.15) is 5.82 Å². The number of anilines is 1. The molecule has 0 bridgehead atoms. The lowest BCUT2D eigenvalue weighted by Gasteiger charge is -2.36. The van der Waals surface area contributed by atoms with Crippen molar-refractivity contribution in [2.45, 2.75) is 25.8 Å². The Hall–Kier alpha value is -1.94. The average Bonchev–Trinajstić information content (AvgIpc) is 3.02. The lowest BCUT2D eigenvalue weighted by molar-refractivity contribution is 0.568. The lowest BCUT2D eigenvalue weighted by Crippen LogP contribution is -2.35. The SMILES string of the molecule is CC[C@H]1c2ccsc2CCN1c1cnc2ccccc2n1. The second-order valence-electron chi connectivity index (χ2n) is 5.38. The zero-order valence-electron chi connectivity index (χ0n) is 12.0. The normalized spacial score (nSPS) is 18.0. The number of benzene rings is 1. The van der Waals surface area contributed by atoms with E-state index >= 15 is 0 Å². The van der Waals surface area contributed by atoms with Crippen LogP contribution in [0.5, 0.6) is 0 Å². The van der Waals surface area contributed by atoms with Crippen LogP contribution in [0.2, 0.25) is 0 Å². The number of fused-ring (bicyclic) bond motifs is 2. The van der Waals surface area contributed by atoms with Gasteiger partial charge >= 0.3 is 0 Å². The number of aromatic nitrogens is 2. The van der Waals surface area contributed by atoms with Crippen LogP contribution < -0.4 is 4.90 Å². The summed E-state index contributed by atoms with van der Waals surface area (Å²) < 4.78 is 0. The Kier molecular flexibility index (Phi) is 3.11. The van der Waals surface area contributed by atoms with Crippen molar-refractivity contribution < 1.29 is 0 Å². The molecular weight excluding hydrogens is 278 g/mol. The third-order valence-electron chi connectivity index (χ3n) is 4.21. The maximum atomic E-state index is 4.82.